The molecule has 0 spiro atoms. The smallest absolute Gasteiger partial charge is 0.174 e. The maximum absolute atomic E-state index is 13.4. The third-order valence-electron chi connectivity index (χ3n) is 4.73. The van der Waals surface area contributed by atoms with Gasteiger partial charge < -0.3 is 14.8 Å². The molecule has 3 aromatic rings. The van der Waals surface area contributed by atoms with Gasteiger partial charge in [0.2, 0.25) is 0 Å². The third-order valence-corrected chi connectivity index (χ3v) is 5.53. The van der Waals surface area contributed by atoms with Crippen molar-refractivity contribution in [2.75, 3.05) is 11.9 Å². The zero-order valence-electron chi connectivity index (χ0n) is 16.9. The van der Waals surface area contributed by atoms with Crippen molar-refractivity contribution in [3.05, 3.63) is 86.2 Å². The van der Waals surface area contributed by atoms with Crippen molar-refractivity contribution in [1.82, 2.24) is 0 Å². The molecule has 0 amide bonds. The summed E-state index contributed by atoms with van der Waals surface area (Å²) < 4.78 is 26.2. The van der Waals surface area contributed by atoms with Gasteiger partial charge in [-0.15, -0.1) is 0 Å². The fraction of sp³-hybridized carbons (Fsp3) is 0.250. The minimum atomic E-state index is -0.265. The van der Waals surface area contributed by atoms with Gasteiger partial charge in [-0.3, -0.25) is 0 Å². The van der Waals surface area contributed by atoms with Crippen LogP contribution in [-0.4, -0.2) is 6.61 Å². The van der Waals surface area contributed by atoms with E-state index in [1.165, 1.54) is 23.3 Å². The largest absolute Gasteiger partial charge is 0.490 e. The molecule has 0 aliphatic rings. The van der Waals surface area contributed by atoms with E-state index in [1.807, 2.05) is 19.1 Å². The molecule has 0 atom stereocenters. The maximum Gasteiger partial charge on any atom is 0.174 e. The van der Waals surface area contributed by atoms with Gasteiger partial charge in [-0.25, -0.2) is 4.39 Å². The van der Waals surface area contributed by atoms with Crippen LogP contribution in [0.4, 0.5) is 10.1 Å². The second kappa shape index (κ2) is 9.96. The van der Waals surface area contributed by atoms with Crippen molar-refractivity contribution >= 4 is 28.3 Å². The molecule has 0 saturated heterocycles. The van der Waals surface area contributed by atoms with Crippen molar-refractivity contribution in [3.8, 4) is 11.5 Å². The lowest BCUT2D eigenvalue weighted by molar-refractivity contribution is 0.267. The molecule has 0 aliphatic heterocycles. The van der Waals surface area contributed by atoms with E-state index < -0.39 is 0 Å². The number of nitrogens with one attached hydrogen (secondary N) is 1. The fourth-order valence-corrected chi connectivity index (χ4v) is 3.87. The molecule has 29 heavy (non-hydrogen) atoms. The molecule has 1 N–H and O–H groups in total. The molecular weight excluding hydrogens is 480 g/mol. The lowest BCUT2D eigenvalue weighted by Crippen LogP contribution is -2.06. The van der Waals surface area contributed by atoms with Crippen molar-refractivity contribution in [2.45, 2.75) is 33.9 Å². The number of benzene rings is 3. The number of aryl methyl sites for hydroxylation is 1. The van der Waals surface area contributed by atoms with Gasteiger partial charge >= 0.3 is 0 Å². The van der Waals surface area contributed by atoms with Crippen LogP contribution in [-0.2, 0) is 13.2 Å². The van der Waals surface area contributed by atoms with E-state index >= 15 is 0 Å². The number of rotatable bonds is 8. The quantitative estimate of drug-likeness (QED) is 0.349. The first kappa shape index (κ1) is 21.4. The number of hydrogen-bond donors (Lipinski definition) is 1. The molecular formula is C24H25FINO2. The Morgan fingerprint density at radius 3 is 2.52 bits per heavy atom. The third kappa shape index (κ3) is 5.63. The summed E-state index contributed by atoms with van der Waals surface area (Å²) in [6.45, 7) is 7.70. The first-order chi connectivity index (χ1) is 14.0. The van der Waals surface area contributed by atoms with E-state index in [-0.39, 0.29) is 12.4 Å². The summed E-state index contributed by atoms with van der Waals surface area (Å²) in [5.41, 5.74) is 5.54. The van der Waals surface area contributed by atoms with Gasteiger partial charge in [-0.1, -0.05) is 24.3 Å². The summed E-state index contributed by atoms with van der Waals surface area (Å²) in [6.07, 6.45) is 0. The molecule has 0 aliphatic carbocycles. The highest BCUT2D eigenvalue weighted by Crippen LogP contribution is 2.35. The van der Waals surface area contributed by atoms with Crippen molar-refractivity contribution < 1.29 is 13.9 Å². The Bertz CT molecular complexity index is 991. The summed E-state index contributed by atoms with van der Waals surface area (Å²) in [5.74, 6) is 1.12. The number of anilines is 1. The Morgan fingerprint density at radius 2 is 1.76 bits per heavy atom. The minimum absolute atomic E-state index is 0.265. The van der Waals surface area contributed by atoms with Gasteiger partial charge in [0.1, 0.15) is 12.4 Å². The average molecular weight is 505 g/mol. The molecule has 5 heteroatoms. The predicted octanol–water partition coefficient (Wildman–Crippen LogP) is 6.64. The summed E-state index contributed by atoms with van der Waals surface area (Å²) >= 11 is 2.26. The molecule has 0 fully saturated rings. The summed E-state index contributed by atoms with van der Waals surface area (Å²) in [7, 11) is 0. The highest BCUT2D eigenvalue weighted by molar-refractivity contribution is 14.1. The van der Waals surface area contributed by atoms with Gasteiger partial charge in [0.25, 0.3) is 0 Å². The van der Waals surface area contributed by atoms with Crippen molar-refractivity contribution in [1.29, 1.82) is 0 Å². The Kier molecular flexibility index (Phi) is 7.36. The summed E-state index contributed by atoms with van der Waals surface area (Å²) in [4.78, 5) is 0. The Balaban J connectivity index is 1.77. The van der Waals surface area contributed by atoms with Crippen LogP contribution >= 0.6 is 22.6 Å². The van der Waals surface area contributed by atoms with E-state index in [2.05, 4.69) is 66.0 Å². The molecule has 152 valence electrons. The zero-order valence-corrected chi connectivity index (χ0v) is 19.0. The molecule has 3 rings (SSSR count). The van der Waals surface area contributed by atoms with Crippen LogP contribution in [0, 0.1) is 23.2 Å². The van der Waals surface area contributed by atoms with Crippen LogP contribution in [0.5, 0.6) is 11.5 Å². The van der Waals surface area contributed by atoms with E-state index in [4.69, 9.17) is 9.47 Å². The lowest BCUT2D eigenvalue weighted by Gasteiger charge is -2.17. The molecule has 0 aromatic heterocycles. The Labute approximate surface area is 185 Å². The van der Waals surface area contributed by atoms with Crippen LogP contribution in [0.15, 0.2) is 54.6 Å². The summed E-state index contributed by atoms with van der Waals surface area (Å²) in [6, 6.07) is 16.8. The van der Waals surface area contributed by atoms with Crippen LogP contribution in [0.3, 0.4) is 0 Å². The Hall–Kier alpha value is -2.28. The molecule has 0 bridgehead atoms. The zero-order chi connectivity index (χ0) is 20.8. The number of hydrogen-bond acceptors (Lipinski definition) is 3. The van der Waals surface area contributed by atoms with Crippen LogP contribution in [0.25, 0.3) is 0 Å². The minimum Gasteiger partial charge on any atom is -0.490 e. The van der Waals surface area contributed by atoms with Crippen LogP contribution in [0.2, 0.25) is 0 Å². The van der Waals surface area contributed by atoms with E-state index in [0.29, 0.717) is 24.7 Å². The number of halogens is 2. The van der Waals surface area contributed by atoms with Gasteiger partial charge in [-0.05, 0) is 95.9 Å². The lowest BCUT2D eigenvalue weighted by atomic mass is 10.1. The molecule has 3 nitrogen and oxygen atoms in total. The standard InChI is InChI=1S/C24H25FINO2/c1-4-28-23-13-19(14-27-22-10-5-7-16(2)17(22)3)12-21(26)24(23)29-15-18-8-6-9-20(25)11-18/h5-13,27H,4,14-15H2,1-3H3. The Morgan fingerprint density at radius 1 is 0.966 bits per heavy atom. The molecule has 3 aromatic carbocycles. The average Bonchev–Trinajstić information content (AvgIpc) is 2.69. The second-order valence-corrected chi connectivity index (χ2v) is 8.02. The second-order valence-electron chi connectivity index (χ2n) is 6.86. The van der Waals surface area contributed by atoms with Crippen LogP contribution in [0.1, 0.15) is 29.2 Å². The summed E-state index contributed by atoms with van der Waals surface area (Å²) in [5, 5.41) is 3.51. The molecule has 0 saturated carbocycles. The van der Waals surface area contributed by atoms with E-state index in [9.17, 15) is 4.39 Å². The monoisotopic (exact) mass is 505 g/mol. The van der Waals surface area contributed by atoms with Crippen LogP contribution < -0.4 is 14.8 Å². The maximum atomic E-state index is 13.4. The van der Waals surface area contributed by atoms with Crippen molar-refractivity contribution in [3.63, 3.8) is 0 Å². The predicted molar refractivity (Wildman–Crippen MR) is 124 cm³/mol. The normalized spacial score (nSPS) is 10.7. The first-order valence-electron chi connectivity index (χ1n) is 9.60. The van der Waals surface area contributed by atoms with E-state index in [1.54, 1.807) is 6.07 Å². The number of ether oxygens (including phenoxy) is 2. The van der Waals surface area contributed by atoms with Gasteiger partial charge in [0, 0.05) is 12.2 Å². The van der Waals surface area contributed by atoms with Gasteiger partial charge in [-0.2, -0.15) is 0 Å². The van der Waals surface area contributed by atoms with Gasteiger partial charge in [0.05, 0.1) is 10.2 Å². The molecule has 0 heterocycles. The fourth-order valence-electron chi connectivity index (χ4n) is 3.05. The highest BCUT2D eigenvalue weighted by atomic mass is 127. The topological polar surface area (TPSA) is 30.5 Å². The first-order valence-corrected chi connectivity index (χ1v) is 10.7. The molecule has 0 radical (unpaired) electrons. The SMILES string of the molecule is CCOc1cc(CNc2cccc(C)c2C)cc(I)c1OCc1cccc(F)c1. The van der Waals surface area contributed by atoms with Gasteiger partial charge in [0.15, 0.2) is 11.5 Å². The van der Waals surface area contributed by atoms with E-state index in [0.717, 1.165) is 20.4 Å². The highest BCUT2D eigenvalue weighted by Gasteiger charge is 2.13. The molecule has 0 unspecified atom stereocenters. The van der Waals surface area contributed by atoms with Crippen molar-refractivity contribution in [2.24, 2.45) is 0 Å².